The number of rotatable bonds is 7. The largest absolute Gasteiger partial charge is 0.478 e. The number of aliphatic imine (C=N–C) groups is 1. The highest BCUT2D eigenvalue weighted by Gasteiger charge is 2.03. The van der Waals surface area contributed by atoms with Gasteiger partial charge >= 0.3 is 0 Å². The quantitative estimate of drug-likeness (QED) is 0.605. The lowest BCUT2D eigenvalue weighted by Gasteiger charge is -2.12. The summed E-state index contributed by atoms with van der Waals surface area (Å²) in [6, 6.07) is 10.5. The Morgan fingerprint density at radius 3 is 2.79 bits per heavy atom. The maximum absolute atomic E-state index is 13.7. The van der Waals surface area contributed by atoms with Crippen molar-refractivity contribution in [2.45, 2.75) is 26.9 Å². The van der Waals surface area contributed by atoms with Gasteiger partial charge in [-0.05, 0) is 31.5 Å². The molecule has 0 radical (unpaired) electrons. The van der Waals surface area contributed by atoms with Crippen molar-refractivity contribution < 1.29 is 9.13 Å². The smallest absolute Gasteiger partial charge is 0.213 e. The van der Waals surface area contributed by atoms with Gasteiger partial charge in [0.15, 0.2) is 5.96 Å². The van der Waals surface area contributed by atoms with Crippen molar-refractivity contribution in [1.29, 1.82) is 0 Å². The lowest BCUT2D eigenvalue weighted by Crippen LogP contribution is -2.37. The van der Waals surface area contributed by atoms with E-state index in [2.05, 4.69) is 20.6 Å². The van der Waals surface area contributed by atoms with Crippen molar-refractivity contribution in [3.63, 3.8) is 0 Å². The molecule has 0 aliphatic heterocycles. The summed E-state index contributed by atoms with van der Waals surface area (Å²) in [5.74, 6) is 1.00. The van der Waals surface area contributed by atoms with E-state index in [9.17, 15) is 4.39 Å². The fourth-order valence-electron chi connectivity index (χ4n) is 2.11. The Balaban J connectivity index is 2.00. The summed E-state index contributed by atoms with van der Waals surface area (Å²) in [5.41, 5.74) is 1.60. The van der Waals surface area contributed by atoms with Crippen molar-refractivity contribution in [3.8, 4) is 5.88 Å². The molecule has 0 amide bonds. The summed E-state index contributed by atoms with van der Waals surface area (Å²) in [6.07, 6.45) is 1.70. The number of aromatic nitrogens is 1. The maximum Gasteiger partial charge on any atom is 0.213 e. The normalized spacial score (nSPS) is 11.2. The minimum absolute atomic E-state index is 0.226. The number of hydrogen-bond acceptors (Lipinski definition) is 3. The second kappa shape index (κ2) is 9.50. The summed E-state index contributed by atoms with van der Waals surface area (Å²) in [5, 5.41) is 6.29. The zero-order valence-corrected chi connectivity index (χ0v) is 14.1. The molecular weight excluding hydrogens is 307 g/mol. The molecule has 6 heteroatoms. The zero-order valence-electron chi connectivity index (χ0n) is 14.1. The molecule has 0 spiro atoms. The standard InChI is InChI=1S/C18H23FN4O/c1-3-20-18(23-13-15-7-5-6-8-16(15)19)22-12-14-9-10-21-17(11-14)24-4-2/h5-11H,3-4,12-13H2,1-2H3,(H2,20,22,23). The van der Waals surface area contributed by atoms with Crippen LogP contribution in [0.2, 0.25) is 0 Å². The van der Waals surface area contributed by atoms with Gasteiger partial charge in [0.2, 0.25) is 5.88 Å². The Hall–Kier alpha value is -2.63. The van der Waals surface area contributed by atoms with Crippen LogP contribution < -0.4 is 15.4 Å². The minimum atomic E-state index is -0.226. The van der Waals surface area contributed by atoms with Crippen molar-refractivity contribution in [3.05, 3.63) is 59.5 Å². The van der Waals surface area contributed by atoms with Crippen LogP contribution in [0.25, 0.3) is 0 Å². The van der Waals surface area contributed by atoms with Crippen molar-refractivity contribution in [2.75, 3.05) is 13.2 Å². The molecule has 0 aliphatic rings. The molecule has 128 valence electrons. The second-order valence-corrected chi connectivity index (χ2v) is 5.08. The Bertz CT molecular complexity index is 676. The van der Waals surface area contributed by atoms with E-state index in [1.807, 2.05) is 32.0 Å². The van der Waals surface area contributed by atoms with Crippen LogP contribution in [0.1, 0.15) is 25.0 Å². The van der Waals surface area contributed by atoms with E-state index >= 15 is 0 Å². The van der Waals surface area contributed by atoms with Gasteiger partial charge in [-0.1, -0.05) is 18.2 Å². The molecule has 1 heterocycles. The lowest BCUT2D eigenvalue weighted by atomic mass is 10.2. The van der Waals surface area contributed by atoms with Crippen LogP contribution in [0.3, 0.4) is 0 Å². The molecule has 0 atom stereocenters. The molecule has 5 nitrogen and oxygen atoms in total. The predicted molar refractivity (Wildman–Crippen MR) is 93.5 cm³/mol. The van der Waals surface area contributed by atoms with Gasteiger partial charge in [0.1, 0.15) is 5.82 Å². The molecule has 2 rings (SSSR count). The van der Waals surface area contributed by atoms with Gasteiger partial charge in [-0.25, -0.2) is 14.4 Å². The molecule has 1 aromatic carbocycles. The molecule has 24 heavy (non-hydrogen) atoms. The number of halogens is 1. The summed E-state index contributed by atoms with van der Waals surface area (Å²) in [4.78, 5) is 8.65. The first-order valence-electron chi connectivity index (χ1n) is 8.06. The zero-order chi connectivity index (χ0) is 17.2. The first-order valence-corrected chi connectivity index (χ1v) is 8.06. The molecule has 1 aromatic heterocycles. The number of guanidine groups is 1. The average Bonchev–Trinajstić information content (AvgIpc) is 2.59. The number of nitrogens with one attached hydrogen (secondary N) is 2. The van der Waals surface area contributed by atoms with Crippen LogP contribution in [0.15, 0.2) is 47.6 Å². The fraction of sp³-hybridized carbons (Fsp3) is 0.333. The maximum atomic E-state index is 13.7. The molecule has 0 saturated carbocycles. The van der Waals surface area contributed by atoms with E-state index in [0.29, 0.717) is 37.1 Å². The number of hydrogen-bond donors (Lipinski definition) is 2. The van der Waals surface area contributed by atoms with E-state index in [-0.39, 0.29) is 5.82 Å². The van der Waals surface area contributed by atoms with Crippen LogP contribution in [0, 0.1) is 5.82 Å². The van der Waals surface area contributed by atoms with Gasteiger partial charge < -0.3 is 15.4 Å². The first kappa shape index (κ1) is 17.7. The minimum Gasteiger partial charge on any atom is -0.478 e. The molecule has 0 saturated heterocycles. The van der Waals surface area contributed by atoms with Gasteiger partial charge in [-0.15, -0.1) is 0 Å². The van der Waals surface area contributed by atoms with Crippen LogP contribution in [-0.2, 0) is 13.1 Å². The third kappa shape index (κ3) is 5.53. The van der Waals surface area contributed by atoms with E-state index in [1.165, 1.54) is 6.07 Å². The summed E-state index contributed by atoms with van der Waals surface area (Å²) >= 11 is 0. The number of nitrogens with zero attached hydrogens (tertiary/aromatic N) is 2. The van der Waals surface area contributed by atoms with E-state index < -0.39 is 0 Å². The van der Waals surface area contributed by atoms with Crippen LogP contribution >= 0.6 is 0 Å². The van der Waals surface area contributed by atoms with Gasteiger partial charge in [0.25, 0.3) is 0 Å². The average molecular weight is 330 g/mol. The Morgan fingerprint density at radius 1 is 1.21 bits per heavy atom. The van der Waals surface area contributed by atoms with Crippen molar-refractivity contribution >= 4 is 5.96 Å². The molecule has 0 aliphatic carbocycles. The van der Waals surface area contributed by atoms with Crippen LogP contribution in [0.5, 0.6) is 5.88 Å². The Kier molecular flexibility index (Phi) is 7.01. The lowest BCUT2D eigenvalue weighted by molar-refractivity contribution is 0.326. The van der Waals surface area contributed by atoms with Gasteiger partial charge in [-0.3, -0.25) is 0 Å². The Morgan fingerprint density at radius 2 is 2.04 bits per heavy atom. The van der Waals surface area contributed by atoms with E-state index in [0.717, 1.165) is 12.1 Å². The predicted octanol–water partition coefficient (Wildman–Crippen LogP) is 2.87. The van der Waals surface area contributed by atoms with Crippen molar-refractivity contribution in [1.82, 2.24) is 15.6 Å². The molecule has 2 aromatic rings. The number of ether oxygens (including phenoxy) is 1. The summed E-state index contributed by atoms with van der Waals surface area (Å²) in [7, 11) is 0. The SMILES string of the molecule is CCNC(=NCc1ccnc(OCC)c1)NCc1ccccc1F. The van der Waals surface area contributed by atoms with Gasteiger partial charge in [0, 0.05) is 30.9 Å². The molecule has 0 unspecified atom stereocenters. The van der Waals surface area contributed by atoms with E-state index in [1.54, 1.807) is 18.3 Å². The molecular formula is C18H23FN4O. The first-order chi connectivity index (χ1) is 11.7. The number of pyridine rings is 1. The van der Waals surface area contributed by atoms with Crippen molar-refractivity contribution in [2.24, 2.45) is 4.99 Å². The third-order valence-corrected chi connectivity index (χ3v) is 3.26. The van der Waals surface area contributed by atoms with Gasteiger partial charge in [-0.2, -0.15) is 0 Å². The monoisotopic (exact) mass is 330 g/mol. The molecule has 2 N–H and O–H groups in total. The molecule has 0 fully saturated rings. The molecule has 0 bridgehead atoms. The summed E-state index contributed by atoms with van der Waals surface area (Å²) in [6.45, 7) is 6.06. The second-order valence-electron chi connectivity index (χ2n) is 5.08. The topological polar surface area (TPSA) is 58.5 Å². The summed E-state index contributed by atoms with van der Waals surface area (Å²) < 4.78 is 19.1. The third-order valence-electron chi connectivity index (χ3n) is 3.26. The Labute approximate surface area is 142 Å². The highest BCUT2D eigenvalue weighted by Crippen LogP contribution is 2.10. The number of benzene rings is 1. The highest BCUT2D eigenvalue weighted by atomic mass is 19.1. The van der Waals surface area contributed by atoms with Crippen LogP contribution in [0.4, 0.5) is 4.39 Å². The van der Waals surface area contributed by atoms with Gasteiger partial charge in [0.05, 0.1) is 13.2 Å². The van der Waals surface area contributed by atoms with Crippen LogP contribution in [-0.4, -0.2) is 24.1 Å². The fourth-order valence-corrected chi connectivity index (χ4v) is 2.11. The van der Waals surface area contributed by atoms with E-state index in [4.69, 9.17) is 4.74 Å². The highest BCUT2D eigenvalue weighted by molar-refractivity contribution is 5.79.